The molecule has 0 bridgehead atoms. The summed E-state index contributed by atoms with van der Waals surface area (Å²) in [4.78, 5) is 0. The highest BCUT2D eigenvalue weighted by molar-refractivity contribution is 4.89. The standard InChI is InChI=1S/C5H8N2/c1-4-5(2)7-6-3/h1H2,2-3H3. The molecule has 0 spiro atoms. The number of allylic oxidation sites excluding steroid dienone is 1. The van der Waals surface area contributed by atoms with Gasteiger partial charge in [-0.05, 0) is 6.92 Å². The van der Waals surface area contributed by atoms with Gasteiger partial charge in [0, 0.05) is 7.05 Å². The Bertz CT molecular complexity index is 118. The SMILES string of the molecule is C=C=C(C)N=NC. The molecule has 0 rings (SSSR count). The molecule has 0 radical (unpaired) electrons. The summed E-state index contributed by atoms with van der Waals surface area (Å²) in [6.45, 7) is 5.16. The van der Waals surface area contributed by atoms with Crippen molar-refractivity contribution < 1.29 is 0 Å². The molecule has 0 aliphatic heterocycles. The van der Waals surface area contributed by atoms with Gasteiger partial charge in [-0.1, -0.05) is 6.58 Å². The van der Waals surface area contributed by atoms with Crippen molar-refractivity contribution in [2.75, 3.05) is 7.05 Å². The number of nitrogens with zero attached hydrogens (tertiary/aromatic N) is 2. The first-order valence-electron chi connectivity index (χ1n) is 1.97. The minimum absolute atomic E-state index is 0.725. The molecule has 38 valence electrons. The van der Waals surface area contributed by atoms with Crippen molar-refractivity contribution in [1.29, 1.82) is 0 Å². The zero-order valence-electron chi connectivity index (χ0n) is 4.60. The van der Waals surface area contributed by atoms with Crippen LogP contribution in [-0.2, 0) is 0 Å². The molecule has 0 aliphatic rings. The highest BCUT2D eigenvalue weighted by Gasteiger charge is 1.70. The monoisotopic (exact) mass is 96.1 g/mol. The fourth-order valence-electron chi connectivity index (χ4n) is 0.185. The summed E-state index contributed by atoms with van der Waals surface area (Å²) in [7, 11) is 1.61. The van der Waals surface area contributed by atoms with Crippen LogP contribution in [0.25, 0.3) is 0 Å². The lowest BCUT2D eigenvalue weighted by atomic mass is 10.6. The molecule has 0 atom stereocenters. The Labute approximate surface area is 43.3 Å². The van der Waals surface area contributed by atoms with Crippen molar-refractivity contribution in [1.82, 2.24) is 0 Å². The minimum atomic E-state index is 0.725. The van der Waals surface area contributed by atoms with E-state index in [0.29, 0.717) is 0 Å². The van der Waals surface area contributed by atoms with Crippen LogP contribution in [0.1, 0.15) is 6.92 Å². The predicted octanol–water partition coefficient (Wildman–Crippen LogP) is 1.76. The number of rotatable bonds is 1. The maximum atomic E-state index is 3.61. The molecule has 0 fully saturated rings. The smallest absolute Gasteiger partial charge is 0.101 e. The van der Waals surface area contributed by atoms with E-state index in [9.17, 15) is 0 Å². The maximum absolute atomic E-state index is 3.61. The second kappa shape index (κ2) is 3.32. The number of hydrogen-bond donors (Lipinski definition) is 0. The third-order valence-electron chi connectivity index (χ3n) is 0.506. The Morgan fingerprint density at radius 1 is 1.71 bits per heavy atom. The molecule has 0 saturated carbocycles. The zero-order valence-corrected chi connectivity index (χ0v) is 4.60. The van der Waals surface area contributed by atoms with Crippen molar-refractivity contribution in [2.45, 2.75) is 6.92 Å². The molecule has 2 nitrogen and oxygen atoms in total. The molecule has 0 aromatic heterocycles. The van der Waals surface area contributed by atoms with E-state index in [4.69, 9.17) is 0 Å². The molecule has 7 heavy (non-hydrogen) atoms. The maximum Gasteiger partial charge on any atom is 0.101 e. The molecule has 2 heteroatoms. The summed E-state index contributed by atoms with van der Waals surface area (Å²) in [6, 6.07) is 0. The topological polar surface area (TPSA) is 24.7 Å². The third-order valence-corrected chi connectivity index (χ3v) is 0.506. The van der Waals surface area contributed by atoms with Crippen molar-refractivity contribution in [3.63, 3.8) is 0 Å². The highest BCUT2D eigenvalue weighted by Crippen LogP contribution is 1.87. The average molecular weight is 96.1 g/mol. The zero-order chi connectivity index (χ0) is 5.70. The van der Waals surface area contributed by atoms with Crippen molar-refractivity contribution in [3.05, 3.63) is 18.0 Å². The summed E-state index contributed by atoms with van der Waals surface area (Å²) >= 11 is 0. The van der Waals surface area contributed by atoms with Crippen LogP contribution in [0, 0.1) is 0 Å². The molecule has 0 aliphatic carbocycles. The Kier molecular flexibility index (Phi) is 2.90. The lowest BCUT2D eigenvalue weighted by molar-refractivity contribution is 1.09. The number of hydrogen-bond acceptors (Lipinski definition) is 2. The lowest BCUT2D eigenvalue weighted by Gasteiger charge is -1.75. The van der Waals surface area contributed by atoms with E-state index >= 15 is 0 Å². The van der Waals surface area contributed by atoms with E-state index < -0.39 is 0 Å². The predicted molar refractivity (Wildman–Crippen MR) is 29.1 cm³/mol. The molecule has 0 N–H and O–H groups in total. The molecular weight excluding hydrogens is 88.1 g/mol. The summed E-state index contributed by atoms with van der Waals surface area (Å²) in [5, 5.41) is 7.10. The van der Waals surface area contributed by atoms with E-state index in [2.05, 4.69) is 22.5 Å². The minimum Gasteiger partial charge on any atom is -0.192 e. The van der Waals surface area contributed by atoms with E-state index in [1.54, 1.807) is 14.0 Å². The number of azo groups is 1. The molecule has 0 saturated heterocycles. The Balaban J connectivity index is 3.83. The first-order valence-corrected chi connectivity index (χ1v) is 1.97. The van der Waals surface area contributed by atoms with Gasteiger partial charge in [-0.3, -0.25) is 0 Å². The summed E-state index contributed by atoms with van der Waals surface area (Å²) in [6.07, 6.45) is 0. The fourth-order valence-corrected chi connectivity index (χ4v) is 0.185. The van der Waals surface area contributed by atoms with E-state index in [0.717, 1.165) is 5.70 Å². The van der Waals surface area contributed by atoms with Crippen molar-refractivity contribution >= 4 is 0 Å². The van der Waals surface area contributed by atoms with Crippen LogP contribution in [0.4, 0.5) is 0 Å². The van der Waals surface area contributed by atoms with E-state index in [1.807, 2.05) is 0 Å². The van der Waals surface area contributed by atoms with Gasteiger partial charge < -0.3 is 0 Å². The van der Waals surface area contributed by atoms with Gasteiger partial charge in [0.2, 0.25) is 0 Å². The summed E-state index contributed by atoms with van der Waals surface area (Å²) in [5.74, 6) is 0. The van der Waals surface area contributed by atoms with Crippen LogP contribution < -0.4 is 0 Å². The first-order chi connectivity index (χ1) is 3.31. The van der Waals surface area contributed by atoms with Crippen LogP contribution in [0.5, 0.6) is 0 Å². The quantitative estimate of drug-likeness (QED) is 0.351. The van der Waals surface area contributed by atoms with E-state index in [-0.39, 0.29) is 0 Å². The molecule has 0 heterocycles. The largest absolute Gasteiger partial charge is 0.192 e. The fraction of sp³-hybridized carbons (Fsp3) is 0.400. The lowest BCUT2D eigenvalue weighted by Crippen LogP contribution is -1.57. The molecule has 0 aromatic rings. The van der Waals surface area contributed by atoms with Gasteiger partial charge in [-0.2, -0.15) is 10.2 Å². The van der Waals surface area contributed by atoms with Crippen LogP contribution in [0.15, 0.2) is 28.2 Å². The van der Waals surface area contributed by atoms with Gasteiger partial charge in [0.25, 0.3) is 0 Å². The Morgan fingerprint density at radius 2 is 2.29 bits per heavy atom. The molecular formula is C5H8N2. The normalized spacial score (nSPS) is 8.86. The second-order valence-corrected chi connectivity index (χ2v) is 1.06. The molecule has 0 unspecified atom stereocenters. The summed E-state index contributed by atoms with van der Waals surface area (Å²) in [5.41, 5.74) is 3.30. The highest BCUT2D eigenvalue weighted by atomic mass is 15.1. The van der Waals surface area contributed by atoms with E-state index in [1.165, 1.54) is 0 Å². The van der Waals surface area contributed by atoms with Crippen LogP contribution in [0.2, 0.25) is 0 Å². The molecule has 0 aromatic carbocycles. The van der Waals surface area contributed by atoms with Gasteiger partial charge in [0.05, 0.1) is 0 Å². The Morgan fingerprint density at radius 3 is 2.43 bits per heavy atom. The van der Waals surface area contributed by atoms with Gasteiger partial charge in [-0.25, -0.2) is 0 Å². The van der Waals surface area contributed by atoms with Gasteiger partial charge >= 0.3 is 0 Å². The van der Waals surface area contributed by atoms with Crippen molar-refractivity contribution in [2.24, 2.45) is 10.2 Å². The summed E-state index contributed by atoms with van der Waals surface area (Å²) < 4.78 is 0. The Hall–Kier alpha value is -0.880. The average Bonchev–Trinajstić information content (AvgIpc) is 1.68. The van der Waals surface area contributed by atoms with Crippen LogP contribution in [0.3, 0.4) is 0 Å². The second-order valence-electron chi connectivity index (χ2n) is 1.06. The van der Waals surface area contributed by atoms with Crippen molar-refractivity contribution in [3.8, 4) is 0 Å². The van der Waals surface area contributed by atoms with Crippen LogP contribution >= 0.6 is 0 Å². The van der Waals surface area contributed by atoms with Gasteiger partial charge in [-0.15, -0.1) is 5.73 Å². The third kappa shape index (κ3) is 2.94. The first kappa shape index (κ1) is 6.12. The van der Waals surface area contributed by atoms with Crippen LogP contribution in [-0.4, -0.2) is 7.05 Å². The molecule has 0 amide bonds. The van der Waals surface area contributed by atoms with Gasteiger partial charge in [0.15, 0.2) is 0 Å². The van der Waals surface area contributed by atoms with Gasteiger partial charge in [0.1, 0.15) is 5.70 Å².